The number of rotatable bonds is 8. The van der Waals surface area contributed by atoms with Crippen LogP contribution in [0.2, 0.25) is 0 Å². The number of carbonyl (C=O) groups is 1. The highest BCUT2D eigenvalue weighted by atomic mass is 32.2. The Morgan fingerprint density at radius 2 is 1.91 bits per heavy atom. The summed E-state index contributed by atoms with van der Waals surface area (Å²) < 4.78 is 7.98. The first-order chi connectivity index (χ1) is 16.7. The summed E-state index contributed by atoms with van der Waals surface area (Å²) in [5, 5.41) is 15.5. The van der Waals surface area contributed by atoms with Crippen LogP contribution in [0.1, 0.15) is 69.3 Å². The second-order valence-electron chi connectivity index (χ2n) is 9.52. The van der Waals surface area contributed by atoms with Crippen LogP contribution in [0.15, 0.2) is 47.6 Å². The summed E-state index contributed by atoms with van der Waals surface area (Å²) in [5.74, 6) is 1.03. The van der Waals surface area contributed by atoms with Crippen molar-refractivity contribution in [1.82, 2.24) is 20.1 Å². The molecule has 180 valence electrons. The van der Waals surface area contributed by atoms with E-state index < -0.39 is 0 Å². The number of ether oxygens (including phenoxy) is 1. The molecule has 0 bridgehead atoms. The topological polar surface area (TPSA) is 69.0 Å². The number of amides is 1. The fraction of sp³-hybridized carbons (Fsp3) is 0.519. The number of hydrogen-bond acceptors (Lipinski definition) is 5. The minimum absolute atomic E-state index is 0.0364. The van der Waals surface area contributed by atoms with E-state index in [4.69, 9.17) is 4.74 Å². The van der Waals surface area contributed by atoms with Crippen molar-refractivity contribution in [2.24, 2.45) is 0 Å². The minimum Gasteiger partial charge on any atom is -0.376 e. The molecule has 3 aromatic rings. The summed E-state index contributed by atoms with van der Waals surface area (Å²) in [6.07, 6.45) is 9.05. The minimum atomic E-state index is -0.238. The molecule has 7 heteroatoms. The molecule has 0 spiro atoms. The second-order valence-corrected chi connectivity index (χ2v) is 10.8. The lowest BCUT2D eigenvalue weighted by Gasteiger charge is -2.26. The molecule has 1 aliphatic heterocycles. The zero-order valence-corrected chi connectivity index (χ0v) is 20.7. The third-order valence-electron chi connectivity index (χ3n) is 7.08. The average Bonchev–Trinajstić information content (AvgIpc) is 3.53. The molecule has 0 unspecified atom stereocenters. The maximum Gasteiger partial charge on any atom is 0.233 e. The monoisotopic (exact) mass is 478 g/mol. The molecule has 34 heavy (non-hydrogen) atoms. The fourth-order valence-corrected chi connectivity index (χ4v) is 6.17. The van der Waals surface area contributed by atoms with Crippen LogP contribution in [-0.2, 0) is 16.0 Å². The van der Waals surface area contributed by atoms with Crippen LogP contribution in [-0.4, -0.2) is 45.2 Å². The van der Waals surface area contributed by atoms with Crippen LogP contribution in [0.5, 0.6) is 0 Å². The van der Waals surface area contributed by atoms with E-state index in [9.17, 15) is 4.79 Å². The van der Waals surface area contributed by atoms with Gasteiger partial charge in [0.05, 0.1) is 11.4 Å². The third-order valence-corrected chi connectivity index (χ3v) is 8.14. The smallest absolute Gasteiger partial charge is 0.233 e. The molecule has 1 saturated heterocycles. The molecule has 6 nitrogen and oxygen atoms in total. The predicted molar refractivity (Wildman–Crippen MR) is 136 cm³/mol. The quantitative estimate of drug-likeness (QED) is 0.445. The number of thioether (sulfide) groups is 1. The molecule has 2 aromatic carbocycles. The number of benzene rings is 2. The van der Waals surface area contributed by atoms with Gasteiger partial charge in [-0.2, -0.15) is 0 Å². The van der Waals surface area contributed by atoms with E-state index in [1.54, 1.807) is 0 Å². The van der Waals surface area contributed by atoms with Crippen LogP contribution in [0, 0.1) is 0 Å². The zero-order valence-electron chi connectivity index (χ0n) is 19.9. The molecule has 5 rings (SSSR count). The van der Waals surface area contributed by atoms with Gasteiger partial charge in [-0.1, -0.05) is 73.5 Å². The van der Waals surface area contributed by atoms with Crippen LogP contribution in [0.4, 0.5) is 0 Å². The molecule has 0 radical (unpaired) electrons. The molecule has 2 fully saturated rings. The van der Waals surface area contributed by atoms with Gasteiger partial charge in [0.15, 0.2) is 5.16 Å². The average molecular weight is 479 g/mol. The van der Waals surface area contributed by atoms with Crippen LogP contribution in [0.3, 0.4) is 0 Å². The van der Waals surface area contributed by atoms with E-state index in [2.05, 4.69) is 62.5 Å². The molecular formula is C27H34N4O2S. The van der Waals surface area contributed by atoms with Gasteiger partial charge in [-0.15, -0.1) is 10.2 Å². The third kappa shape index (κ3) is 5.31. The summed E-state index contributed by atoms with van der Waals surface area (Å²) in [6.45, 7) is 3.35. The Morgan fingerprint density at radius 3 is 2.74 bits per heavy atom. The Bertz CT molecular complexity index is 1110. The van der Waals surface area contributed by atoms with Crippen molar-refractivity contribution in [2.75, 3.05) is 13.2 Å². The normalized spacial score (nSPS) is 20.0. The maximum absolute atomic E-state index is 12.8. The predicted octanol–water partition coefficient (Wildman–Crippen LogP) is 5.30. The number of carbonyl (C=O) groups excluding carboxylic acids is 1. The van der Waals surface area contributed by atoms with E-state index in [0.717, 1.165) is 49.7 Å². The first-order valence-electron chi connectivity index (χ1n) is 12.7. The van der Waals surface area contributed by atoms with Crippen molar-refractivity contribution >= 4 is 28.4 Å². The van der Waals surface area contributed by atoms with E-state index in [-0.39, 0.29) is 17.3 Å². The van der Waals surface area contributed by atoms with Crippen molar-refractivity contribution in [2.45, 2.75) is 80.8 Å². The number of fused-ring (bicyclic) bond motifs is 1. The fourth-order valence-electron chi connectivity index (χ4n) is 5.21. The molecule has 2 atom stereocenters. The van der Waals surface area contributed by atoms with Crippen molar-refractivity contribution < 1.29 is 9.53 Å². The highest BCUT2D eigenvalue weighted by molar-refractivity contribution is 8.00. The lowest BCUT2D eigenvalue weighted by molar-refractivity contribution is -0.120. The van der Waals surface area contributed by atoms with Gasteiger partial charge in [0.1, 0.15) is 5.82 Å². The van der Waals surface area contributed by atoms with Gasteiger partial charge in [-0.05, 0) is 48.9 Å². The highest BCUT2D eigenvalue weighted by Crippen LogP contribution is 2.35. The molecule has 2 heterocycles. The van der Waals surface area contributed by atoms with Crippen molar-refractivity contribution in [3.8, 4) is 0 Å². The van der Waals surface area contributed by atoms with Gasteiger partial charge in [0.25, 0.3) is 0 Å². The number of hydrogen-bond donors (Lipinski definition) is 1. The summed E-state index contributed by atoms with van der Waals surface area (Å²) in [4.78, 5) is 12.8. The molecule has 1 saturated carbocycles. The van der Waals surface area contributed by atoms with Crippen molar-refractivity contribution in [1.29, 1.82) is 0 Å². The summed E-state index contributed by atoms with van der Waals surface area (Å²) in [5.41, 5.74) is 1.27. The Morgan fingerprint density at radius 1 is 1.09 bits per heavy atom. The molecule has 1 amide bonds. The first kappa shape index (κ1) is 23.4. The van der Waals surface area contributed by atoms with Gasteiger partial charge in [0.2, 0.25) is 5.91 Å². The molecular weight excluding hydrogens is 444 g/mol. The number of nitrogens with one attached hydrogen (secondary N) is 1. The zero-order chi connectivity index (χ0) is 23.3. The first-order valence-corrected chi connectivity index (χ1v) is 13.5. The Labute approximate surface area is 205 Å². The van der Waals surface area contributed by atoms with Gasteiger partial charge < -0.3 is 14.6 Å². The van der Waals surface area contributed by atoms with E-state index in [0.29, 0.717) is 12.6 Å². The SMILES string of the molecule is C[C@@H](Sc1nnc(Cc2cccc3ccccc23)n1C1CCCCC1)C(=O)NC[C@H]1CCCO1. The molecule has 1 N–H and O–H groups in total. The molecule has 1 aliphatic carbocycles. The standard InChI is InChI=1S/C27H34N4O2S/c1-19(26(32)28-18-23-14-8-16-33-23)34-27-30-29-25(31(27)22-12-3-2-4-13-22)17-21-11-7-10-20-9-5-6-15-24(20)21/h5-7,9-11,15,19,22-23H,2-4,8,12-14,16-18H2,1H3,(H,28,32)/t19-,23-/m1/s1. The molecule has 1 aromatic heterocycles. The lowest BCUT2D eigenvalue weighted by Crippen LogP contribution is -2.36. The Balaban J connectivity index is 1.36. The summed E-state index contributed by atoms with van der Waals surface area (Å²) in [7, 11) is 0. The summed E-state index contributed by atoms with van der Waals surface area (Å²) in [6, 6.07) is 15.4. The van der Waals surface area contributed by atoms with Crippen molar-refractivity contribution in [3.63, 3.8) is 0 Å². The van der Waals surface area contributed by atoms with Crippen LogP contribution >= 0.6 is 11.8 Å². The van der Waals surface area contributed by atoms with E-state index >= 15 is 0 Å². The van der Waals surface area contributed by atoms with E-state index in [1.165, 1.54) is 47.4 Å². The maximum atomic E-state index is 12.8. The van der Waals surface area contributed by atoms with Crippen molar-refractivity contribution in [3.05, 3.63) is 53.9 Å². The number of nitrogens with zero attached hydrogens (tertiary/aromatic N) is 3. The lowest BCUT2D eigenvalue weighted by atomic mass is 9.95. The highest BCUT2D eigenvalue weighted by Gasteiger charge is 2.26. The van der Waals surface area contributed by atoms with Gasteiger partial charge >= 0.3 is 0 Å². The van der Waals surface area contributed by atoms with Gasteiger partial charge in [-0.25, -0.2) is 0 Å². The van der Waals surface area contributed by atoms with Gasteiger partial charge in [0, 0.05) is 25.6 Å². The number of aromatic nitrogens is 3. The largest absolute Gasteiger partial charge is 0.376 e. The summed E-state index contributed by atoms with van der Waals surface area (Å²) >= 11 is 1.53. The van der Waals surface area contributed by atoms with Crippen LogP contribution < -0.4 is 5.32 Å². The second kappa shape index (κ2) is 10.9. The van der Waals surface area contributed by atoms with Gasteiger partial charge in [-0.3, -0.25) is 4.79 Å². The Hall–Kier alpha value is -2.38. The Kier molecular flexibility index (Phi) is 7.50. The molecule has 2 aliphatic rings. The van der Waals surface area contributed by atoms with E-state index in [1.807, 2.05) is 6.92 Å². The van der Waals surface area contributed by atoms with Crippen LogP contribution in [0.25, 0.3) is 10.8 Å².